The summed E-state index contributed by atoms with van der Waals surface area (Å²) in [4.78, 5) is 0. The quantitative estimate of drug-likeness (QED) is 0.812. The molecule has 0 aliphatic heterocycles. The molecule has 0 aliphatic carbocycles. The lowest BCUT2D eigenvalue weighted by molar-refractivity contribution is 0.187. The van der Waals surface area contributed by atoms with Gasteiger partial charge in [0.05, 0.1) is 0 Å². The Hall–Kier alpha value is -1.54. The summed E-state index contributed by atoms with van der Waals surface area (Å²) in [5.74, 6) is 1.41. The molecule has 0 spiro atoms. The van der Waals surface area contributed by atoms with E-state index < -0.39 is 6.10 Å². The highest BCUT2D eigenvalue weighted by atomic mass is 16.4. The highest BCUT2D eigenvalue weighted by Crippen LogP contribution is 2.23. The lowest BCUT2D eigenvalue weighted by atomic mass is 10.1. The zero-order chi connectivity index (χ0) is 10.8. The summed E-state index contributed by atoms with van der Waals surface area (Å²) in [7, 11) is 0. The Bertz CT molecular complexity index is 440. The average Bonchev–Trinajstić information content (AvgIpc) is 2.65. The van der Waals surface area contributed by atoms with Gasteiger partial charge in [-0.2, -0.15) is 0 Å². The average molecular weight is 202 g/mol. The van der Waals surface area contributed by atoms with Crippen molar-refractivity contribution in [3.63, 3.8) is 0 Å². The number of hydrogen-bond acceptors (Lipinski definition) is 2. The molecule has 1 aromatic carbocycles. The normalized spacial score (nSPS) is 12.7. The SMILES string of the molecule is Cc1ccc(C(O)c2ccc(C)o2)cc1. The predicted molar refractivity (Wildman–Crippen MR) is 58.7 cm³/mol. The van der Waals surface area contributed by atoms with Gasteiger partial charge in [-0.05, 0) is 31.5 Å². The smallest absolute Gasteiger partial charge is 0.137 e. The maximum Gasteiger partial charge on any atom is 0.137 e. The van der Waals surface area contributed by atoms with Crippen molar-refractivity contribution in [2.24, 2.45) is 0 Å². The van der Waals surface area contributed by atoms with Gasteiger partial charge in [0.15, 0.2) is 0 Å². The van der Waals surface area contributed by atoms with Crippen molar-refractivity contribution in [1.82, 2.24) is 0 Å². The second kappa shape index (κ2) is 3.91. The molecule has 0 saturated carbocycles. The van der Waals surface area contributed by atoms with E-state index in [1.54, 1.807) is 6.07 Å². The Morgan fingerprint density at radius 2 is 1.67 bits per heavy atom. The van der Waals surface area contributed by atoms with Gasteiger partial charge in [0.25, 0.3) is 0 Å². The molecule has 2 heteroatoms. The molecule has 0 aliphatic rings. The zero-order valence-corrected chi connectivity index (χ0v) is 8.90. The Labute approximate surface area is 89.2 Å². The number of hydrogen-bond donors (Lipinski definition) is 1. The molecule has 2 nitrogen and oxygen atoms in total. The van der Waals surface area contributed by atoms with Crippen LogP contribution in [0.15, 0.2) is 40.8 Å². The minimum Gasteiger partial charge on any atom is -0.463 e. The fourth-order valence-electron chi connectivity index (χ4n) is 1.51. The first kappa shape index (κ1) is 9.99. The Morgan fingerprint density at radius 1 is 1.00 bits per heavy atom. The van der Waals surface area contributed by atoms with Gasteiger partial charge >= 0.3 is 0 Å². The van der Waals surface area contributed by atoms with Crippen LogP contribution in [0, 0.1) is 13.8 Å². The van der Waals surface area contributed by atoms with Crippen molar-refractivity contribution in [1.29, 1.82) is 0 Å². The van der Waals surface area contributed by atoms with Crippen LogP contribution in [-0.2, 0) is 0 Å². The van der Waals surface area contributed by atoms with Crippen LogP contribution < -0.4 is 0 Å². The molecular weight excluding hydrogens is 188 g/mol. The largest absolute Gasteiger partial charge is 0.463 e. The van der Waals surface area contributed by atoms with Crippen LogP contribution in [-0.4, -0.2) is 5.11 Å². The summed E-state index contributed by atoms with van der Waals surface area (Å²) < 4.78 is 5.38. The van der Waals surface area contributed by atoms with Crippen LogP contribution >= 0.6 is 0 Å². The van der Waals surface area contributed by atoms with Crippen molar-refractivity contribution in [2.75, 3.05) is 0 Å². The van der Waals surface area contributed by atoms with E-state index in [0.717, 1.165) is 11.3 Å². The summed E-state index contributed by atoms with van der Waals surface area (Å²) in [6, 6.07) is 11.4. The van der Waals surface area contributed by atoms with Crippen LogP contribution in [0.1, 0.15) is 28.8 Å². The molecule has 78 valence electrons. The molecule has 1 aromatic heterocycles. The van der Waals surface area contributed by atoms with Crippen LogP contribution in [0.25, 0.3) is 0 Å². The van der Waals surface area contributed by atoms with E-state index in [4.69, 9.17) is 4.42 Å². The maximum absolute atomic E-state index is 10.0. The molecule has 0 saturated heterocycles. The molecule has 0 amide bonds. The van der Waals surface area contributed by atoms with Crippen LogP contribution in [0.2, 0.25) is 0 Å². The number of aryl methyl sites for hydroxylation is 2. The van der Waals surface area contributed by atoms with Crippen molar-refractivity contribution < 1.29 is 9.52 Å². The molecule has 1 heterocycles. The van der Waals surface area contributed by atoms with E-state index >= 15 is 0 Å². The number of furan rings is 1. The predicted octanol–water partition coefficient (Wildman–Crippen LogP) is 2.98. The van der Waals surface area contributed by atoms with Gasteiger partial charge < -0.3 is 9.52 Å². The van der Waals surface area contributed by atoms with E-state index in [-0.39, 0.29) is 0 Å². The van der Waals surface area contributed by atoms with Gasteiger partial charge in [0, 0.05) is 0 Å². The van der Waals surface area contributed by atoms with Crippen LogP contribution in [0.5, 0.6) is 0 Å². The van der Waals surface area contributed by atoms with E-state index in [1.807, 2.05) is 44.2 Å². The number of aliphatic hydroxyl groups is 1. The molecule has 0 fully saturated rings. The summed E-state index contributed by atoms with van der Waals surface area (Å²) in [5.41, 5.74) is 2.04. The highest BCUT2D eigenvalue weighted by molar-refractivity contribution is 5.28. The third kappa shape index (κ3) is 2.10. The lowest BCUT2D eigenvalue weighted by Crippen LogP contribution is -1.97. The minimum atomic E-state index is -0.667. The van der Waals surface area contributed by atoms with Crippen molar-refractivity contribution in [3.05, 3.63) is 59.0 Å². The summed E-state index contributed by atoms with van der Waals surface area (Å²) >= 11 is 0. The summed E-state index contributed by atoms with van der Waals surface area (Å²) in [6.07, 6.45) is -0.667. The van der Waals surface area contributed by atoms with Crippen molar-refractivity contribution in [2.45, 2.75) is 20.0 Å². The van der Waals surface area contributed by atoms with Gasteiger partial charge in [-0.15, -0.1) is 0 Å². The summed E-state index contributed by atoms with van der Waals surface area (Å²) in [5, 5.41) is 10.0. The fraction of sp³-hybridized carbons (Fsp3) is 0.231. The van der Waals surface area contributed by atoms with Gasteiger partial charge in [0.1, 0.15) is 17.6 Å². The Kier molecular flexibility index (Phi) is 2.60. The molecule has 0 bridgehead atoms. The molecule has 1 N–H and O–H groups in total. The summed E-state index contributed by atoms with van der Waals surface area (Å²) in [6.45, 7) is 3.89. The molecule has 1 unspecified atom stereocenters. The van der Waals surface area contributed by atoms with Gasteiger partial charge in [-0.1, -0.05) is 29.8 Å². The number of benzene rings is 1. The first-order valence-corrected chi connectivity index (χ1v) is 4.98. The first-order valence-electron chi connectivity index (χ1n) is 4.98. The third-order valence-electron chi connectivity index (χ3n) is 2.42. The Balaban J connectivity index is 2.28. The maximum atomic E-state index is 10.0. The first-order chi connectivity index (χ1) is 7.16. The molecule has 2 rings (SSSR count). The fourth-order valence-corrected chi connectivity index (χ4v) is 1.51. The van der Waals surface area contributed by atoms with E-state index in [9.17, 15) is 5.11 Å². The lowest BCUT2D eigenvalue weighted by Gasteiger charge is -2.08. The topological polar surface area (TPSA) is 33.4 Å². The van der Waals surface area contributed by atoms with E-state index in [2.05, 4.69) is 0 Å². The monoisotopic (exact) mass is 202 g/mol. The molecule has 0 radical (unpaired) electrons. The number of rotatable bonds is 2. The second-order valence-corrected chi connectivity index (χ2v) is 3.76. The van der Waals surface area contributed by atoms with Crippen LogP contribution in [0.4, 0.5) is 0 Å². The Morgan fingerprint density at radius 3 is 2.20 bits per heavy atom. The van der Waals surface area contributed by atoms with Gasteiger partial charge in [-0.3, -0.25) is 0 Å². The van der Waals surface area contributed by atoms with Crippen molar-refractivity contribution >= 4 is 0 Å². The van der Waals surface area contributed by atoms with E-state index in [1.165, 1.54) is 5.56 Å². The standard InChI is InChI=1S/C13H14O2/c1-9-3-6-11(7-4-9)13(14)12-8-5-10(2)15-12/h3-8,13-14H,1-2H3. The second-order valence-electron chi connectivity index (χ2n) is 3.76. The number of aliphatic hydroxyl groups excluding tert-OH is 1. The highest BCUT2D eigenvalue weighted by Gasteiger charge is 2.13. The molecular formula is C13H14O2. The molecule has 1 atom stereocenters. The van der Waals surface area contributed by atoms with E-state index in [0.29, 0.717) is 5.76 Å². The van der Waals surface area contributed by atoms with Gasteiger partial charge in [0.2, 0.25) is 0 Å². The van der Waals surface area contributed by atoms with Crippen molar-refractivity contribution in [3.8, 4) is 0 Å². The van der Waals surface area contributed by atoms with Gasteiger partial charge in [-0.25, -0.2) is 0 Å². The van der Waals surface area contributed by atoms with Crippen LogP contribution in [0.3, 0.4) is 0 Å². The minimum absolute atomic E-state index is 0.594. The molecule has 2 aromatic rings. The third-order valence-corrected chi connectivity index (χ3v) is 2.42. The molecule has 15 heavy (non-hydrogen) atoms. The zero-order valence-electron chi connectivity index (χ0n) is 8.90.